The second-order valence-corrected chi connectivity index (χ2v) is 12.2. The minimum atomic E-state index is -1.04. The van der Waals surface area contributed by atoms with Crippen molar-refractivity contribution in [3.8, 4) is 0 Å². The van der Waals surface area contributed by atoms with E-state index in [-0.39, 0.29) is 30.8 Å². The molecule has 1 unspecified atom stereocenters. The van der Waals surface area contributed by atoms with Gasteiger partial charge in [-0.05, 0) is 74.2 Å². The number of carboxylic acid groups (broad SMARTS) is 1. The number of esters is 1. The molecule has 0 fully saturated rings. The number of amides is 1. The first kappa shape index (κ1) is 29.3. The molecule has 1 aromatic heterocycles. The van der Waals surface area contributed by atoms with Crippen molar-refractivity contribution >= 4 is 61.1 Å². The molecule has 1 amide bonds. The predicted octanol–water partition coefficient (Wildman–Crippen LogP) is 6.11. The van der Waals surface area contributed by atoms with Crippen LogP contribution in [-0.2, 0) is 25.5 Å². The summed E-state index contributed by atoms with van der Waals surface area (Å²) in [7, 11) is 0. The molecule has 0 aliphatic carbocycles. The fourth-order valence-electron chi connectivity index (χ4n) is 4.62. The molecule has 208 valence electrons. The van der Waals surface area contributed by atoms with Gasteiger partial charge in [0.2, 0.25) is 5.91 Å². The number of rotatable bonds is 11. The number of hydrogen-bond donors (Lipinski definition) is 2. The topological polar surface area (TPSA) is 110 Å². The minimum absolute atomic E-state index is 0.0450. The molecular weight excluding hydrogens is 546 g/mol. The number of aryl methyl sites for hydroxylation is 2. The summed E-state index contributed by atoms with van der Waals surface area (Å²) < 4.78 is 7.01. The average Bonchev–Trinajstić information content (AvgIpc) is 2.90. The summed E-state index contributed by atoms with van der Waals surface area (Å²) in [6, 6.07) is 20.0. The number of ether oxygens (including phenoxy) is 1. The van der Waals surface area contributed by atoms with Crippen molar-refractivity contribution in [2.75, 3.05) is 6.61 Å². The highest BCUT2D eigenvalue weighted by atomic mass is 32.2. The van der Waals surface area contributed by atoms with Gasteiger partial charge in [-0.1, -0.05) is 35.5 Å². The molecule has 0 radical (unpaired) electrons. The van der Waals surface area contributed by atoms with Crippen LogP contribution in [0.5, 0.6) is 0 Å². The molecule has 0 saturated carbocycles. The first-order valence-electron chi connectivity index (χ1n) is 12.9. The van der Waals surface area contributed by atoms with Gasteiger partial charge in [0.1, 0.15) is 6.61 Å². The van der Waals surface area contributed by atoms with Crippen molar-refractivity contribution in [3.05, 3.63) is 82.0 Å². The number of carbonyl (C=O) groups is 3. The fourth-order valence-corrected chi connectivity index (χ4v) is 6.64. The lowest BCUT2D eigenvalue weighted by Crippen LogP contribution is -2.52. The number of carbonyl (C=O) groups excluding carboxylic acids is 2. The maximum absolute atomic E-state index is 13.5. The monoisotopic (exact) mass is 577 g/mol. The third kappa shape index (κ3) is 7.49. The van der Waals surface area contributed by atoms with Gasteiger partial charge in [-0.15, -0.1) is 11.3 Å². The summed E-state index contributed by atoms with van der Waals surface area (Å²) in [5.74, 6) is -1.86. The van der Waals surface area contributed by atoms with Crippen LogP contribution in [0.3, 0.4) is 0 Å². The molecular formula is C31H31NO6S2. The summed E-state index contributed by atoms with van der Waals surface area (Å²) in [4.78, 5) is 50.5. The van der Waals surface area contributed by atoms with E-state index in [2.05, 4.69) is 42.6 Å². The van der Waals surface area contributed by atoms with Crippen LogP contribution in [0.25, 0.3) is 20.2 Å². The lowest BCUT2D eigenvalue weighted by Gasteiger charge is -2.34. The van der Waals surface area contributed by atoms with Gasteiger partial charge < -0.3 is 15.2 Å². The second-order valence-electron chi connectivity index (χ2n) is 9.97. The summed E-state index contributed by atoms with van der Waals surface area (Å²) >= 11 is 3.22. The predicted molar refractivity (Wildman–Crippen MR) is 159 cm³/mol. The molecule has 4 rings (SSSR count). The first-order chi connectivity index (χ1) is 19.0. The van der Waals surface area contributed by atoms with E-state index in [4.69, 9.17) is 4.74 Å². The van der Waals surface area contributed by atoms with E-state index >= 15 is 0 Å². The van der Waals surface area contributed by atoms with Crippen molar-refractivity contribution in [1.29, 1.82) is 0 Å². The van der Waals surface area contributed by atoms with Crippen LogP contribution in [0.2, 0.25) is 0 Å². The molecule has 3 aromatic carbocycles. The molecule has 1 heterocycles. The van der Waals surface area contributed by atoms with Crippen LogP contribution < -0.4 is 10.7 Å². The number of aliphatic carboxylic acids is 1. The highest BCUT2D eigenvalue weighted by Crippen LogP contribution is 2.33. The Morgan fingerprint density at radius 3 is 2.33 bits per heavy atom. The van der Waals surface area contributed by atoms with Gasteiger partial charge in [0.15, 0.2) is 5.43 Å². The van der Waals surface area contributed by atoms with Gasteiger partial charge in [0.05, 0.1) is 5.54 Å². The minimum Gasteiger partial charge on any atom is -0.481 e. The first-order valence-corrected chi connectivity index (χ1v) is 14.5. The Hall–Kier alpha value is -3.69. The van der Waals surface area contributed by atoms with Crippen molar-refractivity contribution in [2.45, 2.75) is 61.8 Å². The van der Waals surface area contributed by atoms with E-state index in [1.54, 1.807) is 23.1 Å². The van der Waals surface area contributed by atoms with Gasteiger partial charge in [0, 0.05) is 50.2 Å². The van der Waals surface area contributed by atoms with Gasteiger partial charge in [0.25, 0.3) is 0 Å². The van der Waals surface area contributed by atoms with E-state index in [9.17, 15) is 24.3 Å². The van der Waals surface area contributed by atoms with Gasteiger partial charge in [-0.2, -0.15) is 0 Å². The average molecular weight is 578 g/mol. The van der Waals surface area contributed by atoms with Crippen LogP contribution in [0.15, 0.2) is 75.2 Å². The number of fused-ring (bicyclic) bond motifs is 2. The third-order valence-corrected chi connectivity index (χ3v) is 8.80. The third-order valence-electron chi connectivity index (χ3n) is 6.67. The molecule has 40 heavy (non-hydrogen) atoms. The van der Waals surface area contributed by atoms with Crippen molar-refractivity contribution in [3.63, 3.8) is 0 Å². The zero-order chi connectivity index (χ0) is 28.9. The molecule has 0 bridgehead atoms. The summed E-state index contributed by atoms with van der Waals surface area (Å²) in [5, 5.41) is 13.4. The van der Waals surface area contributed by atoms with Gasteiger partial charge >= 0.3 is 11.9 Å². The number of hydrogen-bond acceptors (Lipinski definition) is 7. The number of benzene rings is 3. The fraction of sp³-hybridized carbons (Fsp3) is 0.290. The van der Waals surface area contributed by atoms with Crippen LogP contribution in [0.4, 0.5) is 0 Å². The Labute approximate surface area is 240 Å². The zero-order valence-corrected chi connectivity index (χ0v) is 24.2. The van der Waals surface area contributed by atoms with E-state index in [0.717, 1.165) is 24.8 Å². The quantitative estimate of drug-likeness (QED) is 0.163. The second kappa shape index (κ2) is 12.7. The van der Waals surface area contributed by atoms with Crippen molar-refractivity contribution in [1.82, 2.24) is 5.32 Å². The Balaban J connectivity index is 1.61. The molecule has 0 aliphatic heterocycles. The van der Waals surface area contributed by atoms with E-state index in [1.807, 2.05) is 30.3 Å². The molecule has 0 saturated heterocycles. The molecule has 0 aliphatic rings. The summed E-state index contributed by atoms with van der Waals surface area (Å²) in [6.45, 7) is 4.54. The zero-order valence-electron chi connectivity index (χ0n) is 22.6. The van der Waals surface area contributed by atoms with E-state index in [1.165, 1.54) is 19.4 Å². The van der Waals surface area contributed by atoms with Crippen LogP contribution in [0.1, 0.15) is 44.2 Å². The highest BCUT2D eigenvalue weighted by molar-refractivity contribution is 7.99. The number of nitrogens with one attached hydrogen (secondary N) is 1. The normalized spacial score (nSPS) is 12.7. The molecule has 4 aromatic rings. The smallest absolute Gasteiger partial charge is 0.303 e. The SMILES string of the molecule is CC(=O)NC(CCC(=O)O)(CCc1ccc2sc3cc(Sc4ccc(C)cc4)ccc3c(=O)c2c1)COC(C)=O. The van der Waals surface area contributed by atoms with E-state index in [0.29, 0.717) is 23.6 Å². The van der Waals surface area contributed by atoms with Crippen LogP contribution in [-0.4, -0.2) is 35.1 Å². The number of carboxylic acids is 1. The van der Waals surface area contributed by atoms with Crippen molar-refractivity contribution < 1.29 is 24.2 Å². The van der Waals surface area contributed by atoms with Gasteiger partial charge in [-0.3, -0.25) is 19.2 Å². The Morgan fingerprint density at radius 2 is 1.65 bits per heavy atom. The Kier molecular flexibility index (Phi) is 9.27. The summed E-state index contributed by atoms with van der Waals surface area (Å²) in [5.41, 5.74) is 0.993. The Morgan fingerprint density at radius 1 is 0.925 bits per heavy atom. The van der Waals surface area contributed by atoms with Crippen LogP contribution >= 0.6 is 23.1 Å². The standard InChI is InChI=1S/C31H31NO6S2/c1-19-4-7-23(8-5-19)39-24-9-10-25-28(17-24)40-27-11-6-22(16-26(27)30(25)37)12-14-31(32-20(2)33,15-13-29(35)36)18-38-21(3)34/h4-11,16-17H,12-15,18H2,1-3H3,(H,32,33)(H,35,36). The molecule has 1 atom stereocenters. The van der Waals surface area contributed by atoms with E-state index < -0.39 is 17.5 Å². The Bertz CT molecular complexity index is 1610. The molecule has 2 N–H and O–H groups in total. The largest absolute Gasteiger partial charge is 0.481 e. The highest BCUT2D eigenvalue weighted by Gasteiger charge is 2.33. The molecule has 0 spiro atoms. The molecule has 7 nitrogen and oxygen atoms in total. The van der Waals surface area contributed by atoms with Crippen molar-refractivity contribution in [2.24, 2.45) is 0 Å². The maximum atomic E-state index is 13.5. The maximum Gasteiger partial charge on any atom is 0.303 e. The summed E-state index contributed by atoms with van der Waals surface area (Å²) in [6.07, 6.45) is 0.696. The van der Waals surface area contributed by atoms with Gasteiger partial charge in [-0.25, -0.2) is 0 Å². The lowest BCUT2D eigenvalue weighted by atomic mass is 9.87. The molecule has 9 heteroatoms. The van der Waals surface area contributed by atoms with Crippen LogP contribution in [0, 0.1) is 6.92 Å². The lowest BCUT2D eigenvalue weighted by molar-refractivity contribution is -0.145.